The molecule has 16 heavy (non-hydrogen) atoms. The summed E-state index contributed by atoms with van der Waals surface area (Å²) in [6, 6.07) is 0. The van der Waals surface area contributed by atoms with E-state index in [1.165, 1.54) is 45.3 Å². The summed E-state index contributed by atoms with van der Waals surface area (Å²) in [5.41, 5.74) is 0. The standard InChI is InChI=1S/C13H28N2O/c1-13(12-16-2)11-14-7-10-15-8-5-3-4-6-9-15/h13-14H,3-12H2,1-2H3. The van der Waals surface area contributed by atoms with Crippen molar-refractivity contribution in [2.24, 2.45) is 5.92 Å². The highest BCUT2D eigenvalue weighted by molar-refractivity contribution is 4.65. The fraction of sp³-hybridized carbons (Fsp3) is 1.00. The maximum absolute atomic E-state index is 5.12. The van der Waals surface area contributed by atoms with Gasteiger partial charge in [-0.1, -0.05) is 19.8 Å². The van der Waals surface area contributed by atoms with E-state index in [0.29, 0.717) is 5.92 Å². The lowest BCUT2D eigenvalue weighted by Crippen LogP contribution is -2.34. The highest BCUT2D eigenvalue weighted by atomic mass is 16.5. The van der Waals surface area contributed by atoms with E-state index in [-0.39, 0.29) is 0 Å². The van der Waals surface area contributed by atoms with Crippen LogP contribution in [-0.4, -0.2) is 51.3 Å². The molecule has 1 heterocycles. The third-order valence-corrected chi connectivity index (χ3v) is 3.25. The van der Waals surface area contributed by atoms with Crippen LogP contribution < -0.4 is 5.32 Å². The molecule has 1 saturated heterocycles. The van der Waals surface area contributed by atoms with Gasteiger partial charge < -0.3 is 15.0 Å². The van der Waals surface area contributed by atoms with Crippen molar-refractivity contribution in [1.82, 2.24) is 10.2 Å². The molecule has 0 amide bonds. The molecule has 0 saturated carbocycles. The zero-order valence-corrected chi connectivity index (χ0v) is 11.0. The van der Waals surface area contributed by atoms with Gasteiger partial charge in [0.05, 0.1) is 0 Å². The number of hydrogen-bond acceptors (Lipinski definition) is 3. The fourth-order valence-corrected chi connectivity index (χ4v) is 2.29. The lowest BCUT2D eigenvalue weighted by Gasteiger charge is -2.20. The predicted octanol–water partition coefficient (Wildman–Crippen LogP) is 1.73. The second-order valence-electron chi connectivity index (χ2n) is 5.02. The van der Waals surface area contributed by atoms with Crippen LogP contribution in [0.4, 0.5) is 0 Å². The summed E-state index contributed by atoms with van der Waals surface area (Å²) in [5, 5.41) is 3.52. The minimum atomic E-state index is 0.620. The lowest BCUT2D eigenvalue weighted by molar-refractivity contribution is 0.158. The van der Waals surface area contributed by atoms with Crippen LogP contribution in [0.2, 0.25) is 0 Å². The molecule has 0 spiro atoms. The van der Waals surface area contributed by atoms with Crippen LogP contribution in [0.15, 0.2) is 0 Å². The van der Waals surface area contributed by atoms with Crippen LogP contribution in [-0.2, 0) is 4.74 Å². The SMILES string of the molecule is COCC(C)CNCCN1CCCCCC1. The molecule has 1 aliphatic rings. The van der Waals surface area contributed by atoms with E-state index in [2.05, 4.69) is 17.1 Å². The van der Waals surface area contributed by atoms with E-state index in [1.54, 1.807) is 7.11 Å². The molecule has 3 nitrogen and oxygen atoms in total. The molecule has 96 valence electrons. The van der Waals surface area contributed by atoms with Crippen molar-refractivity contribution in [3.05, 3.63) is 0 Å². The van der Waals surface area contributed by atoms with Gasteiger partial charge in [-0.15, -0.1) is 0 Å². The summed E-state index contributed by atoms with van der Waals surface area (Å²) >= 11 is 0. The summed E-state index contributed by atoms with van der Waals surface area (Å²) in [5.74, 6) is 0.620. The minimum Gasteiger partial charge on any atom is -0.384 e. The Labute approximate surface area is 101 Å². The summed E-state index contributed by atoms with van der Waals surface area (Å²) in [4.78, 5) is 2.60. The second-order valence-corrected chi connectivity index (χ2v) is 5.02. The second kappa shape index (κ2) is 8.97. The zero-order chi connectivity index (χ0) is 11.6. The van der Waals surface area contributed by atoms with E-state index in [0.717, 1.165) is 19.7 Å². The Morgan fingerprint density at radius 2 is 1.88 bits per heavy atom. The largest absolute Gasteiger partial charge is 0.384 e. The Morgan fingerprint density at radius 1 is 1.19 bits per heavy atom. The Bertz CT molecular complexity index is 156. The lowest BCUT2D eigenvalue weighted by atomic mass is 10.2. The van der Waals surface area contributed by atoms with Crippen LogP contribution in [0.25, 0.3) is 0 Å². The van der Waals surface area contributed by atoms with Gasteiger partial charge in [0.15, 0.2) is 0 Å². The van der Waals surface area contributed by atoms with E-state index >= 15 is 0 Å². The molecule has 0 aromatic heterocycles. The van der Waals surface area contributed by atoms with Gasteiger partial charge in [0.1, 0.15) is 0 Å². The molecule has 1 aliphatic heterocycles. The molecule has 1 atom stereocenters. The number of hydrogen-bond donors (Lipinski definition) is 1. The fourth-order valence-electron chi connectivity index (χ4n) is 2.29. The maximum atomic E-state index is 5.12. The molecule has 0 aliphatic carbocycles. The molecule has 1 unspecified atom stereocenters. The molecule has 3 heteroatoms. The molecular formula is C13H28N2O. The number of rotatable bonds is 7. The van der Waals surface area contributed by atoms with Crippen molar-refractivity contribution < 1.29 is 4.74 Å². The number of nitrogens with zero attached hydrogens (tertiary/aromatic N) is 1. The first-order valence-corrected chi connectivity index (χ1v) is 6.75. The van der Waals surface area contributed by atoms with E-state index < -0.39 is 0 Å². The average Bonchev–Trinajstić information content (AvgIpc) is 2.53. The normalized spacial score (nSPS) is 20.6. The van der Waals surface area contributed by atoms with Crippen LogP contribution in [0.5, 0.6) is 0 Å². The van der Waals surface area contributed by atoms with Crippen molar-refractivity contribution in [2.75, 3.05) is 46.4 Å². The Morgan fingerprint density at radius 3 is 2.50 bits per heavy atom. The van der Waals surface area contributed by atoms with Gasteiger partial charge in [0.25, 0.3) is 0 Å². The van der Waals surface area contributed by atoms with Gasteiger partial charge in [0.2, 0.25) is 0 Å². The van der Waals surface area contributed by atoms with E-state index in [9.17, 15) is 0 Å². The van der Waals surface area contributed by atoms with E-state index in [1.807, 2.05) is 0 Å². The number of likely N-dealkylation sites (tertiary alicyclic amines) is 1. The highest BCUT2D eigenvalue weighted by Gasteiger charge is 2.08. The van der Waals surface area contributed by atoms with Crippen molar-refractivity contribution in [3.63, 3.8) is 0 Å². The quantitative estimate of drug-likeness (QED) is 0.672. The summed E-state index contributed by atoms with van der Waals surface area (Å²) < 4.78 is 5.12. The monoisotopic (exact) mass is 228 g/mol. The molecule has 0 bridgehead atoms. The summed E-state index contributed by atoms with van der Waals surface area (Å²) in [6.07, 6.45) is 5.63. The van der Waals surface area contributed by atoms with Gasteiger partial charge in [-0.3, -0.25) is 0 Å². The van der Waals surface area contributed by atoms with Crippen molar-refractivity contribution in [1.29, 1.82) is 0 Å². The van der Waals surface area contributed by atoms with Crippen LogP contribution in [0.1, 0.15) is 32.6 Å². The Hall–Kier alpha value is -0.120. The molecule has 0 radical (unpaired) electrons. The highest BCUT2D eigenvalue weighted by Crippen LogP contribution is 2.08. The first-order valence-electron chi connectivity index (χ1n) is 6.75. The number of nitrogens with one attached hydrogen (secondary N) is 1. The van der Waals surface area contributed by atoms with Crippen molar-refractivity contribution >= 4 is 0 Å². The van der Waals surface area contributed by atoms with Gasteiger partial charge in [-0.25, -0.2) is 0 Å². The summed E-state index contributed by atoms with van der Waals surface area (Å²) in [7, 11) is 1.77. The maximum Gasteiger partial charge on any atom is 0.0499 e. The molecule has 0 aromatic rings. The molecule has 1 rings (SSSR count). The third kappa shape index (κ3) is 6.46. The molecule has 0 aromatic carbocycles. The summed E-state index contributed by atoms with van der Waals surface area (Å²) in [6.45, 7) is 9.08. The van der Waals surface area contributed by atoms with Gasteiger partial charge in [0, 0.05) is 26.8 Å². The number of ether oxygens (including phenoxy) is 1. The first-order chi connectivity index (χ1) is 7.83. The molecule has 1 N–H and O–H groups in total. The van der Waals surface area contributed by atoms with Gasteiger partial charge in [-0.2, -0.15) is 0 Å². The smallest absolute Gasteiger partial charge is 0.0499 e. The third-order valence-electron chi connectivity index (χ3n) is 3.25. The van der Waals surface area contributed by atoms with E-state index in [4.69, 9.17) is 4.74 Å². The number of methoxy groups -OCH3 is 1. The van der Waals surface area contributed by atoms with Gasteiger partial charge in [-0.05, 0) is 38.4 Å². The van der Waals surface area contributed by atoms with Crippen molar-refractivity contribution in [2.45, 2.75) is 32.6 Å². The Kier molecular flexibility index (Phi) is 7.81. The van der Waals surface area contributed by atoms with Crippen molar-refractivity contribution in [3.8, 4) is 0 Å². The minimum absolute atomic E-state index is 0.620. The average molecular weight is 228 g/mol. The zero-order valence-electron chi connectivity index (χ0n) is 11.0. The Balaban J connectivity index is 1.97. The molecule has 1 fully saturated rings. The van der Waals surface area contributed by atoms with Crippen LogP contribution >= 0.6 is 0 Å². The molecular weight excluding hydrogens is 200 g/mol. The topological polar surface area (TPSA) is 24.5 Å². The van der Waals surface area contributed by atoms with Gasteiger partial charge >= 0.3 is 0 Å². The van der Waals surface area contributed by atoms with Crippen LogP contribution in [0.3, 0.4) is 0 Å². The van der Waals surface area contributed by atoms with Crippen LogP contribution in [0, 0.1) is 5.92 Å². The first kappa shape index (κ1) is 13.9. The predicted molar refractivity (Wildman–Crippen MR) is 68.8 cm³/mol.